The fourth-order valence-corrected chi connectivity index (χ4v) is 1.83. The van der Waals surface area contributed by atoms with Crippen LogP contribution in [0.3, 0.4) is 0 Å². The van der Waals surface area contributed by atoms with Crippen molar-refractivity contribution in [1.82, 2.24) is 0 Å². The Morgan fingerprint density at radius 2 is 2.00 bits per heavy atom. The van der Waals surface area contributed by atoms with Gasteiger partial charge in [0.2, 0.25) is 0 Å². The highest BCUT2D eigenvalue weighted by Gasteiger charge is 2.16. The van der Waals surface area contributed by atoms with Crippen molar-refractivity contribution in [2.45, 2.75) is 26.7 Å². The number of benzene rings is 1. The summed E-state index contributed by atoms with van der Waals surface area (Å²) in [6.45, 7) is 3.79. The Morgan fingerprint density at radius 3 is 2.56 bits per heavy atom. The molecule has 0 atom stereocenters. The van der Waals surface area contributed by atoms with Gasteiger partial charge in [0.1, 0.15) is 17.4 Å². The van der Waals surface area contributed by atoms with Crippen LogP contribution < -0.4 is 0 Å². The first kappa shape index (κ1) is 13.3. The summed E-state index contributed by atoms with van der Waals surface area (Å²) in [4.78, 5) is 11.5. The van der Waals surface area contributed by atoms with Gasteiger partial charge in [-0.3, -0.25) is 4.79 Å². The molecular formula is C12H13BrF2O. The van der Waals surface area contributed by atoms with Crippen LogP contribution in [-0.2, 0) is 11.2 Å². The Kier molecular flexibility index (Phi) is 4.59. The third-order valence-electron chi connectivity index (χ3n) is 2.15. The van der Waals surface area contributed by atoms with E-state index in [2.05, 4.69) is 15.9 Å². The average molecular weight is 291 g/mol. The Bertz CT molecular complexity index is 402. The monoisotopic (exact) mass is 290 g/mol. The highest BCUT2D eigenvalue weighted by molar-refractivity contribution is 9.10. The average Bonchev–Trinajstić information content (AvgIpc) is 2.17. The Labute approximate surface area is 102 Å². The first-order chi connectivity index (χ1) is 7.41. The van der Waals surface area contributed by atoms with Crippen molar-refractivity contribution in [2.24, 2.45) is 5.92 Å². The molecule has 0 aromatic heterocycles. The Morgan fingerprint density at radius 1 is 1.38 bits per heavy atom. The van der Waals surface area contributed by atoms with Crippen molar-refractivity contribution < 1.29 is 13.6 Å². The molecule has 1 aromatic carbocycles. The second-order valence-electron chi connectivity index (χ2n) is 4.14. The summed E-state index contributed by atoms with van der Waals surface area (Å²) in [5, 5.41) is 0. The van der Waals surface area contributed by atoms with Gasteiger partial charge in [-0.1, -0.05) is 13.8 Å². The second-order valence-corrected chi connectivity index (χ2v) is 4.99. The first-order valence-electron chi connectivity index (χ1n) is 5.06. The third kappa shape index (κ3) is 3.37. The molecule has 0 aliphatic rings. The molecule has 0 heterocycles. The van der Waals surface area contributed by atoms with Crippen molar-refractivity contribution in [3.8, 4) is 0 Å². The summed E-state index contributed by atoms with van der Waals surface area (Å²) in [6.07, 6.45) is 0.153. The van der Waals surface area contributed by atoms with Crippen molar-refractivity contribution >= 4 is 21.7 Å². The third-order valence-corrected chi connectivity index (χ3v) is 2.76. The molecule has 0 saturated heterocycles. The molecule has 0 saturated carbocycles. The van der Waals surface area contributed by atoms with E-state index in [-0.39, 0.29) is 28.2 Å². The minimum Gasteiger partial charge on any atom is -0.299 e. The van der Waals surface area contributed by atoms with Crippen molar-refractivity contribution in [1.29, 1.82) is 0 Å². The second kappa shape index (κ2) is 5.53. The highest BCUT2D eigenvalue weighted by Crippen LogP contribution is 2.22. The van der Waals surface area contributed by atoms with E-state index in [9.17, 15) is 13.6 Å². The molecule has 1 rings (SSSR count). The maximum Gasteiger partial charge on any atom is 0.143 e. The first-order valence-corrected chi connectivity index (χ1v) is 5.85. The van der Waals surface area contributed by atoms with E-state index in [0.717, 1.165) is 6.07 Å². The number of rotatable bonds is 4. The van der Waals surface area contributed by atoms with Crippen molar-refractivity contribution in [3.63, 3.8) is 0 Å². The standard InChI is InChI=1S/C12H13BrF2O/c1-7(2)5-8(16)6-9-11(14)4-3-10(13)12(9)15/h3-4,7H,5-6H2,1-2H3. The summed E-state index contributed by atoms with van der Waals surface area (Å²) >= 11 is 2.97. The van der Waals surface area contributed by atoms with Gasteiger partial charge in [0.15, 0.2) is 0 Å². The highest BCUT2D eigenvalue weighted by atomic mass is 79.9. The zero-order valence-electron chi connectivity index (χ0n) is 9.19. The summed E-state index contributed by atoms with van der Waals surface area (Å²) in [5.74, 6) is -1.30. The largest absolute Gasteiger partial charge is 0.299 e. The van der Waals surface area contributed by atoms with Gasteiger partial charge in [-0.2, -0.15) is 0 Å². The van der Waals surface area contributed by atoms with Gasteiger partial charge in [0.05, 0.1) is 4.47 Å². The molecule has 0 bridgehead atoms. The smallest absolute Gasteiger partial charge is 0.143 e. The van der Waals surface area contributed by atoms with Gasteiger partial charge in [-0.05, 0) is 34.0 Å². The zero-order valence-corrected chi connectivity index (χ0v) is 10.8. The maximum atomic E-state index is 13.5. The normalized spacial score (nSPS) is 10.9. The number of hydrogen-bond acceptors (Lipinski definition) is 1. The topological polar surface area (TPSA) is 17.1 Å². The molecule has 0 N–H and O–H groups in total. The number of Topliss-reactive ketones (excluding diaryl/α,β-unsaturated/α-hetero) is 1. The molecule has 0 aliphatic carbocycles. The lowest BCUT2D eigenvalue weighted by Gasteiger charge is -2.07. The van der Waals surface area contributed by atoms with Gasteiger partial charge in [-0.15, -0.1) is 0 Å². The summed E-state index contributed by atoms with van der Waals surface area (Å²) in [5.41, 5.74) is -0.153. The van der Waals surface area contributed by atoms with Crippen LogP contribution in [0.4, 0.5) is 8.78 Å². The number of carbonyl (C=O) groups excluding carboxylic acids is 1. The number of ketones is 1. The van der Waals surface area contributed by atoms with Crippen molar-refractivity contribution in [2.75, 3.05) is 0 Å². The van der Waals surface area contributed by atoms with E-state index >= 15 is 0 Å². The molecule has 0 radical (unpaired) electrons. The lowest BCUT2D eigenvalue weighted by Crippen LogP contribution is -2.09. The molecular weight excluding hydrogens is 278 g/mol. The quantitative estimate of drug-likeness (QED) is 0.769. The van der Waals surface area contributed by atoms with Gasteiger partial charge in [-0.25, -0.2) is 8.78 Å². The molecule has 16 heavy (non-hydrogen) atoms. The predicted molar refractivity (Wildman–Crippen MR) is 62.2 cm³/mol. The fourth-order valence-electron chi connectivity index (χ4n) is 1.46. The number of halogens is 3. The lowest BCUT2D eigenvalue weighted by atomic mass is 10.0. The fraction of sp³-hybridized carbons (Fsp3) is 0.417. The Hall–Kier alpha value is -0.770. The minimum atomic E-state index is -0.683. The Balaban J connectivity index is 2.88. The van der Waals surface area contributed by atoms with Crippen LogP contribution in [0.25, 0.3) is 0 Å². The van der Waals surface area contributed by atoms with E-state index in [4.69, 9.17) is 0 Å². The SMILES string of the molecule is CC(C)CC(=O)Cc1c(F)ccc(Br)c1F. The van der Waals surface area contributed by atoms with Crippen LogP contribution in [0, 0.1) is 17.6 Å². The summed E-state index contributed by atoms with van der Waals surface area (Å²) in [6, 6.07) is 2.45. The molecule has 0 unspecified atom stereocenters. The molecule has 1 nitrogen and oxygen atoms in total. The summed E-state index contributed by atoms with van der Waals surface area (Å²) < 4.78 is 27.0. The van der Waals surface area contributed by atoms with Gasteiger partial charge in [0.25, 0.3) is 0 Å². The molecule has 0 amide bonds. The van der Waals surface area contributed by atoms with Crippen molar-refractivity contribution in [3.05, 3.63) is 33.8 Å². The number of hydrogen-bond donors (Lipinski definition) is 0. The molecule has 4 heteroatoms. The molecule has 0 spiro atoms. The van der Waals surface area contributed by atoms with E-state index in [1.165, 1.54) is 6.07 Å². The molecule has 1 aromatic rings. The van der Waals surface area contributed by atoms with Crippen LogP contribution >= 0.6 is 15.9 Å². The number of carbonyl (C=O) groups is 1. The van der Waals surface area contributed by atoms with Gasteiger partial charge < -0.3 is 0 Å². The van der Waals surface area contributed by atoms with Crippen LogP contribution in [0.15, 0.2) is 16.6 Å². The van der Waals surface area contributed by atoms with Gasteiger partial charge >= 0.3 is 0 Å². The lowest BCUT2D eigenvalue weighted by molar-refractivity contribution is -0.119. The summed E-state index contributed by atoms with van der Waals surface area (Å²) in [7, 11) is 0. The zero-order chi connectivity index (χ0) is 12.3. The predicted octanol–water partition coefficient (Wildman–Crippen LogP) is 3.89. The van der Waals surface area contributed by atoms with E-state index < -0.39 is 11.6 Å². The van der Waals surface area contributed by atoms with Crippen LogP contribution in [0.5, 0.6) is 0 Å². The van der Waals surface area contributed by atoms with Crippen LogP contribution in [0.2, 0.25) is 0 Å². The minimum absolute atomic E-state index is 0.147. The molecule has 0 aliphatic heterocycles. The van der Waals surface area contributed by atoms with E-state index in [0.29, 0.717) is 6.42 Å². The van der Waals surface area contributed by atoms with E-state index in [1.54, 1.807) is 0 Å². The van der Waals surface area contributed by atoms with E-state index in [1.807, 2.05) is 13.8 Å². The van der Waals surface area contributed by atoms with Crippen LogP contribution in [-0.4, -0.2) is 5.78 Å². The maximum absolute atomic E-state index is 13.5. The molecule has 88 valence electrons. The van der Waals surface area contributed by atoms with Crippen LogP contribution in [0.1, 0.15) is 25.8 Å². The molecule has 0 fully saturated rings. The van der Waals surface area contributed by atoms with Gasteiger partial charge in [0, 0.05) is 18.4 Å².